The first-order valence-corrected chi connectivity index (χ1v) is 6.24. The number of hydrogen-bond acceptors (Lipinski definition) is 5. The van der Waals surface area contributed by atoms with E-state index in [0.717, 1.165) is 13.1 Å². The molecular weight excluding hydrogens is 228 g/mol. The molecule has 1 aromatic heterocycles. The highest BCUT2D eigenvalue weighted by Gasteiger charge is 2.11. The summed E-state index contributed by atoms with van der Waals surface area (Å²) in [6.45, 7) is 2.50. The van der Waals surface area contributed by atoms with Crippen LogP contribution in [0.3, 0.4) is 0 Å². The standard InChI is InChI=1S/C13H16N4O/c1-3-10-5-2-6-15-13(10)11(4-1)7-14-8-12-16-9-18-17-12/h1,3-4,9,14-15H,2,5-8H2. The van der Waals surface area contributed by atoms with E-state index < -0.39 is 0 Å². The summed E-state index contributed by atoms with van der Waals surface area (Å²) < 4.78 is 4.69. The van der Waals surface area contributed by atoms with Crippen LogP contribution in [0, 0.1) is 0 Å². The van der Waals surface area contributed by atoms with Gasteiger partial charge < -0.3 is 15.2 Å². The Bertz CT molecular complexity index is 510. The quantitative estimate of drug-likeness (QED) is 0.857. The second-order valence-corrected chi connectivity index (χ2v) is 4.43. The normalized spacial score (nSPS) is 14.0. The van der Waals surface area contributed by atoms with Gasteiger partial charge in [0.1, 0.15) is 0 Å². The van der Waals surface area contributed by atoms with Gasteiger partial charge in [0.05, 0.1) is 6.54 Å². The predicted octanol–water partition coefficient (Wildman–Crippen LogP) is 1.72. The van der Waals surface area contributed by atoms with Crippen LogP contribution in [0.5, 0.6) is 0 Å². The van der Waals surface area contributed by atoms with Gasteiger partial charge in [-0.2, -0.15) is 4.98 Å². The Morgan fingerprint density at radius 3 is 3.22 bits per heavy atom. The maximum absolute atomic E-state index is 4.69. The number of anilines is 1. The van der Waals surface area contributed by atoms with Crippen molar-refractivity contribution < 1.29 is 4.52 Å². The minimum absolute atomic E-state index is 0.625. The Labute approximate surface area is 106 Å². The molecule has 0 radical (unpaired) electrons. The molecule has 0 fully saturated rings. The highest BCUT2D eigenvalue weighted by molar-refractivity contribution is 5.59. The smallest absolute Gasteiger partial charge is 0.213 e. The molecule has 2 aromatic rings. The maximum Gasteiger partial charge on any atom is 0.213 e. The minimum Gasteiger partial charge on any atom is -0.385 e. The summed E-state index contributed by atoms with van der Waals surface area (Å²) in [5.74, 6) is 0.688. The molecule has 0 atom stereocenters. The molecule has 0 spiro atoms. The number of nitrogens with one attached hydrogen (secondary N) is 2. The summed E-state index contributed by atoms with van der Waals surface area (Å²) in [6, 6.07) is 6.47. The average Bonchev–Trinajstić information content (AvgIpc) is 2.92. The van der Waals surface area contributed by atoms with Crippen LogP contribution in [0.15, 0.2) is 29.1 Å². The van der Waals surface area contributed by atoms with E-state index in [0.29, 0.717) is 12.4 Å². The molecule has 1 aromatic carbocycles. The zero-order valence-corrected chi connectivity index (χ0v) is 10.1. The molecule has 0 saturated carbocycles. The first kappa shape index (κ1) is 11.2. The van der Waals surface area contributed by atoms with Crippen molar-refractivity contribution in [1.29, 1.82) is 0 Å². The first-order valence-electron chi connectivity index (χ1n) is 6.24. The number of benzene rings is 1. The molecular formula is C13H16N4O. The third-order valence-electron chi connectivity index (χ3n) is 3.17. The van der Waals surface area contributed by atoms with Gasteiger partial charge in [0.2, 0.25) is 6.39 Å². The third-order valence-corrected chi connectivity index (χ3v) is 3.17. The summed E-state index contributed by atoms with van der Waals surface area (Å²) in [5, 5.41) is 10.6. The predicted molar refractivity (Wildman–Crippen MR) is 68.1 cm³/mol. The van der Waals surface area contributed by atoms with Crippen molar-refractivity contribution in [2.24, 2.45) is 0 Å². The van der Waals surface area contributed by atoms with Gasteiger partial charge in [-0.15, -0.1) is 0 Å². The van der Waals surface area contributed by atoms with Crippen molar-refractivity contribution in [2.75, 3.05) is 11.9 Å². The summed E-state index contributed by atoms with van der Waals surface area (Å²) >= 11 is 0. The fraction of sp³-hybridized carbons (Fsp3) is 0.385. The maximum atomic E-state index is 4.69. The van der Waals surface area contributed by atoms with Crippen LogP contribution in [0.2, 0.25) is 0 Å². The van der Waals surface area contributed by atoms with Gasteiger partial charge in [0.15, 0.2) is 5.82 Å². The van der Waals surface area contributed by atoms with Crippen LogP contribution >= 0.6 is 0 Å². The van der Waals surface area contributed by atoms with Gasteiger partial charge in [0.25, 0.3) is 0 Å². The van der Waals surface area contributed by atoms with Crippen LogP contribution in [0.1, 0.15) is 23.4 Å². The van der Waals surface area contributed by atoms with Gasteiger partial charge in [-0.1, -0.05) is 23.4 Å². The Morgan fingerprint density at radius 1 is 1.33 bits per heavy atom. The van der Waals surface area contributed by atoms with Crippen molar-refractivity contribution in [2.45, 2.75) is 25.9 Å². The lowest BCUT2D eigenvalue weighted by atomic mass is 9.99. The Kier molecular flexibility index (Phi) is 3.23. The second-order valence-electron chi connectivity index (χ2n) is 4.43. The van der Waals surface area contributed by atoms with E-state index in [1.807, 2.05) is 0 Å². The molecule has 18 heavy (non-hydrogen) atoms. The van der Waals surface area contributed by atoms with Gasteiger partial charge in [-0.3, -0.25) is 0 Å². The van der Waals surface area contributed by atoms with Crippen LogP contribution in [-0.4, -0.2) is 16.7 Å². The molecule has 3 rings (SSSR count). The largest absolute Gasteiger partial charge is 0.385 e. The Balaban J connectivity index is 1.65. The van der Waals surface area contributed by atoms with Gasteiger partial charge in [-0.25, -0.2) is 0 Å². The van der Waals surface area contributed by atoms with Crippen LogP contribution in [0.4, 0.5) is 5.69 Å². The zero-order chi connectivity index (χ0) is 12.2. The fourth-order valence-corrected chi connectivity index (χ4v) is 2.31. The Morgan fingerprint density at radius 2 is 2.33 bits per heavy atom. The van der Waals surface area contributed by atoms with Crippen molar-refractivity contribution in [1.82, 2.24) is 15.5 Å². The van der Waals surface area contributed by atoms with Crippen LogP contribution in [-0.2, 0) is 19.5 Å². The van der Waals surface area contributed by atoms with E-state index in [2.05, 4.69) is 39.0 Å². The molecule has 0 bridgehead atoms. The summed E-state index contributed by atoms with van der Waals surface area (Å²) in [5.41, 5.74) is 4.01. The number of para-hydroxylation sites is 1. The molecule has 1 aliphatic heterocycles. The van der Waals surface area contributed by atoms with Crippen molar-refractivity contribution in [3.8, 4) is 0 Å². The molecule has 2 heterocycles. The molecule has 0 aliphatic carbocycles. The van der Waals surface area contributed by atoms with Gasteiger partial charge in [-0.05, 0) is 24.0 Å². The van der Waals surface area contributed by atoms with Gasteiger partial charge in [0, 0.05) is 18.8 Å². The van der Waals surface area contributed by atoms with E-state index in [1.54, 1.807) is 0 Å². The molecule has 5 heteroatoms. The molecule has 0 unspecified atom stereocenters. The topological polar surface area (TPSA) is 63.0 Å². The number of hydrogen-bond donors (Lipinski definition) is 2. The summed E-state index contributed by atoms with van der Waals surface area (Å²) in [7, 11) is 0. The third kappa shape index (κ3) is 2.36. The summed E-state index contributed by atoms with van der Waals surface area (Å²) in [4.78, 5) is 3.98. The molecule has 0 amide bonds. The lowest BCUT2D eigenvalue weighted by Crippen LogP contribution is -2.18. The van der Waals surface area contributed by atoms with Crippen molar-refractivity contribution in [3.63, 3.8) is 0 Å². The van der Waals surface area contributed by atoms with E-state index in [4.69, 9.17) is 4.52 Å². The Hall–Kier alpha value is -1.88. The highest BCUT2D eigenvalue weighted by atomic mass is 16.5. The molecule has 0 saturated heterocycles. The lowest BCUT2D eigenvalue weighted by Gasteiger charge is -2.21. The average molecular weight is 244 g/mol. The summed E-state index contributed by atoms with van der Waals surface area (Å²) in [6.07, 6.45) is 3.73. The number of aromatic nitrogens is 2. The van der Waals surface area contributed by atoms with E-state index in [-0.39, 0.29) is 0 Å². The number of aryl methyl sites for hydroxylation is 1. The minimum atomic E-state index is 0.625. The number of nitrogens with zero attached hydrogens (tertiary/aromatic N) is 2. The van der Waals surface area contributed by atoms with E-state index in [9.17, 15) is 0 Å². The zero-order valence-electron chi connectivity index (χ0n) is 10.1. The first-order chi connectivity index (χ1) is 8.93. The fourth-order valence-electron chi connectivity index (χ4n) is 2.31. The number of fused-ring (bicyclic) bond motifs is 1. The highest BCUT2D eigenvalue weighted by Crippen LogP contribution is 2.25. The molecule has 1 aliphatic rings. The van der Waals surface area contributed by atoms with Crippen molar-refractivity contribution >= 4 is 5.69 Å². The molecule has 2 N–H and O–H groups in total. The van der Waals surface area contributed by atoms with E-state index in [1.165, 1.54) is 36.0 Å². The lowest BCUT2D eigenvalue weighted by molar-refractivity contribution is 0.407. The van der Waals surface area contributed by atoms with Crippen LogP contribution < -0.4 is 10.6 Å². The molecule has 94 valence electrons. The molecule has 5 nitrogen and oxygen atoms in total. The van der Waals surface area contributed by atoms with E-state index >= 15 is 0 Å². The monoisotopic (exact) mass is 244 g/mol. The number of rotatable bonds is 4. The van der Waals surface area contributed by atoms with Crippen LogP contribution in [0.25, 0.3) is 0 Å². The second kappa shape index (κ2) is 5.18. The van der Waals surface area contributed by atoms with Crippen molar-refractivity contribution in [3.05, 3.63) is 41.5 Å². The van der Waals surface area contributed by atoms with Gasteiger partial charge >= 0.3 is 0 Å². The SMILES string of the molecule is c1cc2c(c(CNCc3ncon3)c1)NCCC2.